The van der Waals surface area contributed by atoms with Gasteiger partial charge in [-0.1, -0.05) is 55.5 Å². The molecule has 5 heteroatoms. The predicted molar refractivity (Wildman–Crippen MR) is 138 cm³/mol. The Bertz CT molecular complexity index is 1040. The van der Waals surface area contributed by atoms with E-state index < -0.39 is 0 Å². The second-order valence-electron chi connectivity index (χ2n) is 8.55. The molecule has 1 aliphatic heterocycles. The van der Waals surface area contributed by atoms with Gasteiger partial charge in [-0.2, -0.15) is 11.8 Å². The van der Waals surface area contributed by atoms with E-state index in [0.29, 0.717) is 25.1 Å². The molecule has 0 spiro atoms. The number of methoxy groups -OCH3 is 2. The summed E-state index contributed by atoms with van der Waals surface area (Å²) in [6.45, 7) is 5.64. The quantitative estimate of drug-likeness (QED) is 0.415. The van der Waals surface area contributed by atoms with Gasteiger partial charge in [0.25, 0.3) is 0 Å². The van der Waals surface area contributed by atoms with Crippen LogP contribution in [0, 0.1) is 12.8 Å². The van der Waals surface area contributed by atoms with E-state index in [0.717, 1.165) is 34.1 Å². The molecule has 0 saturated carbocycles. The van der Waals surface area contributed by atoms with Crippen LogP contribution in [0.3, 0.4) is 0 Å². The van der Waals surface area contributed by atoms with E-state index >= 15 is 0 Å². The molecule has 3 aromatic carbocycles. The molecule has 0 amide bonds. The number of ether oxygens (including phenoxy) is 3. The van der Waals surface area contributed by atoms with Crippen LogP contribution in [0.1, 0.15) is 23.6 Å². The maximum absolute atomic E-state index is 6.22. The Balaban J connectivity index is 1.51. The van der Waals surface area contributed by atoms with Crippen LogP contribution in [-0.2, 0) is 13.2 Å². The number of rotatable bonds is 9. The minimum absolute atomic E-state index is 0.479. The van der Waals surface area contributed by atoms with Gasteiger partial charge < -0.3 is 19.5 Å². The minimum atomic E-state index is 0.479. The van der Waals surface area contributed by atoms with Gasteiger partial charge in [0, 0.05) is 30.5 Å². The number of nitrogens with one attached hydrogen (secondary N) is 1. The summed E-state index contributed by atoms with van der Waals surface area (Å²) in [6, 6.07) is 21.3. The van der Waals surface area contributed by atoms with Gasteiger partial charge in [0.1, 0.15) is 23.9 Å². The average molecular weight is 464 g/mol. The second-order valence-corrected chi connectivity index (χ2v) is 9.63. The summed E-state index contributed by atoms with van der Waals surface area (Å²) in [4.78, 5) is 0. The highest BCUT2D eigenvalue weighted by molar-refractivity contribution is 7.99. The van der Waals surface area contributed by atoms with Crippen LogP contribution in [0.4, 0.5) is 0 Å². The van der Waals surface area contributed by atoms with Crippen molar-refractivity contribution in [3.05, 3.63) is 77.4 Å². The van der Waals surface area contributed by atoms with Gasteiger partial charge in [-0.3, -0.25) is 0 Å². The van der Waals surface area contributed by atoms with Crippen LogP contribution < -0.4 is 19.5 Å². The van der Waals surface area contributed by atoms with Crippen LogP contribution in [0.25, 0.3) is 11.1 Å². The first-order valence-corrected chi connectivity index (χ1v) is 12.6. The number of hydrogen-bond acceptors (Lipinski definition) is 5. The van der Waals surface area contributed by atoms with Crippen molar-refractivity contribution in [1.29, 1.82) is 0 Å². The summed E-state index contributed by atoms with van der Waals surface area (Å²) in [6.07, 6.45) is 0. The molecule has 2 atom stereocenters. The van der Waals surface area contributed by atoms with E-state index in [9.17, 15) is 0 Å². The lowest BCUT2D eigenvalue weighted by atomic mass is 9.97. The van der Waals surface area contributed by atoms with Crippen molar-refractivity contribution in [3.8, 4) is 28.4 Å². The predicted octanol–water partition coefficient (Wildman–Crippen LogP) is 6.10. The molecule has 0 bridgehead atoms. The molecule has 1 aliphatic rings. The van der Waals surface area contributed by atoms with Gasteiger partial charge in [0.2, 0.25) is 0 Å². The largest absolute Gasteiger partial charge is 0.496 e. The SMILES string of the molecule is COc1cc(OCc2cccc(-c3ccccc3)c2C)cc(OC)c1CNC1CSCC1C. The van der Waals surface area contributed by atoms with Crippen molar-refractivity contribution < 1.29 is 14.2 Å². The van der Waals surface area contributed by atoms with Crippen LogP contribution in [0.2, 0.25) is 0 Å². The molecule has 1 saturated heterocycles. The fraction of sp³-hybridized carbons (Fsp3) is 0.357. The number of thioether (sulfide) groups is 1. The highest BCUT2D eigenvalue weighted by atomic mass is 32.2. The van der Waals surface area contributed by atoms with E-state index in [4.69, 9.17) is 14.2 Å². The maximum atomic E-state index is 6.22. The second kappa shape index (κ2) is 11.0. The van der Waals surface area contributed by atoms with Crippen molar-refractivity contribution in [2.45, 2.75) is 33.0 Å². The number of hydrogen-bond donors (Lipinski definition) is 1. The van der Waals surface area contributed by atoms with Gasteiger partial charge in [-0.05, 0) is 40.8 Å². The molecular formula is C28H33NO3S. The fourth-order valence-corrected chi connectivity index (χ4v) is 5.74. The third kappa shape index (κ3) is 5.48. The third-order valence-electron chi connectivity index (χ3n) is 6.41. The molecule has 174 valence electrons. The van der Waals surface area contributed by atoms with Crippen LogP contribution >= 0.6 is 11.8 Å². The zero-order chi connectivity index (χ0) is 23.2. The summed E-state index contributed by atoms with van der Waals surface area (Å²) in [5, 5.41) is 3.68. The van der Waals surface area contributed by atoms with E-state index in [-0.39, 0.29) is 0 Å². The highest BCUT2D eigenvalue weighted by Gasteiger charge is 2.24. The van der Waals surface area contributed by atoms with Gasteiger partial charge >= 0.3 is 0 Å². The van der Waals surface area contributed by atoms with Crippen molar-refractivity contribution in [2.75, 3.05) is 25.7 Å². The molecule has 1 heterocycles. The molecule has 0 radical (unpaired) electrons. The maximum Gasteiger partial charge on any atom is 0.130 e. The van der Waals surface area contributed by atoms with E-state index in [1.165, 1.54) is 22.4 Å². The Labute approximate surface area is 201 Å². The minimum Gasteiger partial charge on any atom is -0.496 e. The molecule has 2 unspecified atom stereocenters. The summed E-state index contributed by atoms with van der Waals surface area (Å²) >= 11 is 2.01. The Morgan fingerprint density at radius 3 is 2.30 bits per heavy atom. The zero-order valence-electron chi connectivity index (χ0n) is 19.9. The Morgan fingerprint density at radius 1 is 0.939 bits per heavy atom. The Kier molecular flexibility index (Phi) is 7.84. The van der Waals surface area contributed by atoms with E-state index in [2.05, 4.69) is 61.6 Å². The Hall–Kier alpha value is -2.63. The zero-order valence-corrected chi connectivity index (χ0v) is 20.7. The van der Waals surface area contributed by atoms with Crippen LogP contribution in [-0.4, -0.2) is 31.8 Å². The van der Waals surface area contributed by atoms with Crippen molar-refractivity contribution in [1.82, 2.24) is 5.32 Å². The first-order valence-electron chi connectivity index (χ1n) is 11.4. The summed E-state index contributed by atoms with van der Waals surface area (Å²) in [7, 11) is 3.40. The standard InChI is InChI=1S/C28H33NO3S/c1-19-17-33-18-26(19)29-15-25-27(30-3)13-23(14-28(25)31-4)32-16-22-11-8-12-24(20(22)2)21-9-6-5-7-10-21/h5-14,19,26,29H,15-18H2,1-4H3. The molecule has 1 fully saturated rings. The lowest BCUT2D eigenvalue weighted by Crippen LogP contribution is -2.33. The van der Waals surface area contributed by atoms with E-state index in [1.807, 2.05) is 30.0 Å². The molecule has 0 aliphatic carbocycles. The molecule has 0 aromatic heterocycles. The van der Waals surface area contributed by atoms with Crippen LogP contribution in [0.5, 0.6) is 17.2 Å². The fourth-order valence-electron chi connectivity index (χ4n) is 4.30. The van der Waals surface area contributed by atoms with E-state index in [1.54, 1.807) is 14.2 Å². The molecule has 3 aromatic rings. The first-order chi connectivity index (χ1) is 16.1. The molecule has 4 rings (SSSR count). The number of benzene rings is 3. The highest BCUT2D eigenvalue weighted by Crippen LogP contribution is 2.35. The lowest BCUT2D eigenvalue weighted by molar-refractivity contribution is 0.298. The van der Waals surface area contributed by atoms with Gasteiger partial charge in [0.15, 0.2) is 0 Å². The third-order valence-corrected chi connectivity index (χ3v) is 7.77. The molecule has 4 nitrogen and oxygen atoms in total. The van der Waals surface area contributed by atoms with Crippen molar-refractivity contribution in [2.24, 2.45) is 5.92 Å². The molecular weight excluding hydrogens is 430 g/mol. The topological polar surface area (TPSA) is 39.7 Å². The molecule has 33 heavy (non-hydrogen) atoms. The first kappa shape index (κ1) is 23.5. The summed E-state index contributed by atoms with van der Waals surface area (Å²) in [5.41, 5.74) is 5.86. The monoisotopic (exact) mass is 463 g/mol. The van der Waals surface area contributed by atoms with Gasteiger partial charge in [-0.25, -0.2) is 0 Å². The van der Waals surface area contributed by atoms with Crippen molar-refractivity contribution in [3.63, 3.8) is 0 Å². The van der Waals surface area contributed by atoms with Crippen molar-refractivity contribution >= 4 is 11.8 Å². The van der Waals surface area contributed by atoms with Gasteiger partial charge in [-0.15, -0.1) is 0 Å². The lowest BCUT2D eigenvalue weighted by Gasteiger charge is -2.20. The normalized spacial score (nSPS) is 17.7. The Morgan fingerprint density at radius 2 is 1.67 bits per heavy atom. The van der Waals surface area contributed by atoms with Gasteiger partial charge in [0.05, 0.1) is 19.8 Å². The average Bonchev–Trinajstić information content (AvgIpc) is 3.26. The summed E-state index contributed by atoms with van der Waals surface area (Å²) < 4.78 is 17.7. The smallest absolute Gasteiger partial charge is 0.130 e. The summed E-state index contributed by atoms with van der Waals surface area (Å²) in [5.74, 6) is 5.33. The van der Waals surface area contributed by atoms with Crippen LogP contribution in [0.15, 0.2) is 60.7 Å². The molecule has 1 N–H and O–H groups in total.